The molecule has 0 amide bonds. The zero-order valence-corrected chi connectivity index (χ0v) is 7.66. The van der Waals surface area contributed by atoms with Crippen LogP contribution in [0.2, 0.25) is 0 Å². The highest BCUT2D eigenvalue weighted by molar-refractivity contribution is 7.99. The monoisotopic (exact) mass is 198 g/mol. The van der Waals surface area contributed by atoms with Gasteiger partial charge in [-0.25, -0.2) is 8.78 Å². The molecule has 0 radical (unpaired) electrons. The Kier molecular flexibility index (Phi) is 5.20. The van der Waals surface area contributed by atoms with E-state index in [1.807, 2.05) is 0 Å². The zero-order valence-electron chi connectivity index (χ0n) is 6.85. The third kappa shape index (κ3) is 9.68. The minimum atomic E-state index is -2.62. The summed E-state index contributed by atoms with van der Waals surface area (Å²) in [5.41, 5.74) is 0. The summed E-state index contributed by atoms with van der Waals surface area (Å²) in [6.45, 7) is 0.870. The molecule has 0 aromatic carbocycles. The molecule has 2 nitrogen and oxygen atoms in total. The molecule has 0 aliphatic carbocycles. The average molecular weight is 198 g/mol. The summed E-state index contributed by atoms with van der Waals surface area (Å²) in [7, 11) is 0. The van der Waals surface area contributed by atoms with E-state index >= 15 is 0 Å². The molecule has 0 aromatic heterocycles. The summed E-state index contributed by atoms with van der Waals surface area (Å²) in [6.07, 6.45) is 0.196. The molecule has 0 saturated carbocycles. The van der Waals surface area contributed by atoms with Gasteiger partial charge < -0.3 is 5.11 Å². The highest BCUT2D eigenvalue weighted by Crippen LogP contribution is 2.19. The third-order valence-corrected chi connectivity index (χ3v) is 2.16. The molecular weight excluding hydrogens is 186 g/mol. The van der Waals surface area contributed by atoms with E-state index in [2.05, 4.69) is 0 Å². The molecule has 0 bridgehead atoms. The number of hydrogen-bond acceptors (Lipinski definition) is 2. The first-order valence-corrected chi connectivity index (χ1v) is 4.74. The number of hydrogen-bond donors (Lipinski definition) is 1. The van der Waals surface area contributed by atoms with E-state index in [0.717, 1.165) is 6.92 Å². The SMILES string of the molecule is CC(F)(F)CCCSCC(=O)O. The maximum absolute atomic E-state index is 12.2. The Hall–Kier alpha value is -0.320. The number of halogens is 2. The van der Waals surface area contributed by atoms with Gasteiger partial charge in [0.25, 0.3) is 0 Å². The largest absolute Gasteiger partial charge is 0.481 e. The van der Waals surface area contributed by atoms with Crippen molar-refractivity contribution in [3.63, 3.8) is 0 Å². The maximum Gasteiger partial charge on any atom is 0.313 e. The Labute approximate surface area is 74.3 Å². The molecule has 0 rings (SSSR count). The fourth-order valence-electron chi connectivity index (χ4n) is 0.644. The molecular formula is C7H12F2O2S. The number of aliphatic carboxylic acids is 1. The molecule has 0 aliphatic heterocycles. The second-order valence-corrected chi connectivity index (χ2v) is 3.73. The fraction of sp³-hybridized carbons (Fsp3) is 0.857. The average Bonchev–Trinajstić information content (AvgIpc) is 1.83. The second kappa shape index (κ2) is 5.35. The molecule has 0 aliphatic rings. The summed E-state index contributed by atoms with van der Waals surface area (Å²) in [5, 5.41) is 8.20. The van der Waals surface area contributed by atoms with Gasteiger partial charge in [-0.15, -0.1) is 0 Å². The number of alkyl halides is 2. The van der Waals surface area contributed by atoms with Crippen molar-refractivity contribution in [3.05, 3.63) is 0 Å². The molecule has 0 spiro atoms. The van der Waals surface area contributed by atoms with Gasteiger partial charge >= 0.3 is 5.97 Å². The van der Waals surface area contributed by atoms with Gasteiger partial charge in [-0.3, -0.25) is 4.79 Å². The molecule has 0 heterocycles. The van der Waals surface area contributed by atoms with Crippen LogP contribution in [0.5, 0.6) is 0 Å². The maximum atomic E-state index is 12.2. The molecule has 1 N–H and O–H groups in total. The molecule has 0 fully saturated rings. The normalized spacial score (nSPS) is 11.6. The number of rotatable bonds is 6. The van der Waals surface area contributed by atoms with Crippen LogP contribution in [0.3, 0.4) is 0 Å². The van der Waals surface area contributed by atoms with Crippen molar-refractivity contribution in [2.45, 2.75) is 25.7 Å². The summed E-state index contributed by atoms with van der Waals surface area (Å²) in [4.78, 5) is 9.99. The van der Waals surface area contributed by atoms with E-state index < -0.39 is 11.9 Å². The first-order chi connectivity index (χ1) is 5.42. The number of carboxylic acids is 1. The van der Waals surface area contributed by atoms with Gasteiger partial charge in [0.1, 0.15) is 0 Å². The highest BCUT2D eigenvalue weighted by atomic mass is 32.2. The van der Waals surface area contributed by atoms with Crippen molar-refractivity contribution in [1.29, 1.82) is 0 Å². The first-order valence-electron chi connectivity index (χ1n) is 3.59. The number of carbonyl (C=O) groups is 1. The summed E-state index contributed by atoms with van der Waals surface area (Å²) < 4.78 is 24.4. The van der Waals surface area contributed by atoms with Crippen molar-refractivity contribution in [2.75, 3.05) is 11.5 Å². The van der Waals surface area contributed by atoms with Gasteiger partial charge in [0.05, 0.1) is 5.75 Å². The van der Waals surface area contributed by atoms with E-state index in [1.54, 1.807) is 0 Å². The van der Waals surface area contributed by atoms with Crippen LogP contribution < -0.4 is 0 Å². The summed E-state index contributed by atoms with van der Waals surface area (Å²) in [6, 6.07) is 0. The topological polar surface area (TPSA) is 37.3 Å². The predicted octanol–water partition coefficient (Wildman–Crippen LogP) is 2.24. The van der Waals surface area contributed by atoms with Crippen molar-refractivity contribution < 1.29 is 18.7 Å². The zero-order chi connectivity index (χ0) is 9.61. The quantitative estimate of drug-likeness (QED) is 0.665. The second-order valence-electron chi connectivity index (χ2n) is 2.62. The molecule has 72 valence electrons. The minimum absolute atomic E-state index is 0.00468. The molecule has 0 aromatic rings. The fourth-order valence-corrected chi connectivity index (χ4v) is 1.31. The Morgan fingerprint density at radius 2 is 2.17 bits per heavy atom. The van der Waals surface area contributed by atoms with Crippen molar-refractivity contribution in [2.24, 2.45) is 0 Å². The van der Waals surface area contributed by atoms with Gasteiger partial charge in [0.2, 0.25) is 5.92 Å². The van der Waals surface area contributed by atoms with Crippen molar-refractivity contribution >= 4 is 17.7 Å². The molecule has 0 atom stereocenters. The smallest absolute Gasteiger partial charge is 0.313 e. The van der Waals surface area contributed by atoms with Crippen LogP contribution in [0.25, 0.3) is 0 Å². The lowest BCUT2D eigenvalue weighted by Gasteiger charge is -2.08. The van der Waals surface area contributed by atoms with Crippen LogP contribution in [-0.4, -0.2) is 28.5 Å². The van der Waals surface area contributed by atoms with Crippen LogP contribution in [-0.2, 0) is 4.79 Å². The lowest BCUT2D eigenvalue weighted by Crippen LogP contribution is -2.09. The van der Waals surface area contributed by atoms with E-state index in [4.69, 9.17) is 5.11 Å². The third-order valence-electron chi connectivity index (χ3n) is 1.13. The van der Waals surface area contributed by atoms with Gasteiger partial charge in [-0.2, -0.15) is 11.8 Å². The van der Waals surface area contributed by atoms with Crippen molar-refractivity contribution in [3.8, 4) is 0 Å². The van der Waals surface area contributed by atoms with E-state index in [-0.39, 0.29) is 12.2 Å². The van der Waals surface area contributed by atoms with Gasteiger partial charge in [0, 0.05) is 6.42 Å². The number of thioether (sulfide) groups is 1. The van der Waals surface area contributed by atoms with Crippen molar-refractivity contribution in [1.82, 2.24) is 0 Å². The Balaban J connectivity index is 3.17. The molecule has 0 saturated heterocycles. The lowest BCUT2D eigenvalue weighted by molar-refractivity contribution is -0.133. The molecule has 5 heteroatoms. The molecule has 12 heavy (non-hydrogen) atoms. The Morgan fingerprint density at radius 1 is 1.58 bits per heavy atom. The van der Waals surface area contributed by atoms with Gasteiger partial charge in [-0.05, 0) is 19.1 Å². The van der Waals surface area contributed by atoms with Crippen LogP contribution >= 0.6 is 11.8 Å². The summed E-state index contributed by atoms with van der Waals surface area (Å²) >= 11 is 1.17. The van der Waals surface area contributed by atoms with Gasteiger partial charge in [0.15, 0.2) is 0 Å². The number of carboxylic acid groups (broad SMARTS) is 1. The Bertz CT molecular complexity index is 145. The van der Waals surface area contributed by atoms with E-state index in [1.165, 1.54) is 11.8 Å². The Morgan fingerprint density at radius 3 is 2.58 bits per heavy atom. The standard InChI is InChI=1S/C7H12F2O2S/c1-7(8,9)3-2-4-12-5-6(10)11/h2-5H2,1H3,(H,10,11). The lowest BCUT2D eigenvalue weighted by atomic mass is 10.2. The molecule has 0 unspecified atom stereocenters. The van der Waals surface area contributed by atoms with Crippen LogP contribution in [0.15, 0.2) is 0 Å². The van der Waals surface area contributed by atoms with Crippen LogP contribution in [0.1, 0.15) is 19.8 Å². The highest BCUT2D eigenvalue weighted by Gasteiger charge is 2.19. The minimum Gasteiger partial charge on any atom is -0.481 e. The van der Waals surface area contributed by atoms with Crippen LogP contribution in [0, 0.1) is 0 Å². The van der Waals surface area contributed by atoms with Gasteiger partial charge in [-0.1, -0.05) is 0 Å². The predicted molar refractivity (Wildman–Crippen MR) is 44.8 cm³/mol. The van der Waals surface area contributed by atoms with E-state index in [0.29, 0.717) is 12.2 Å². The summed E-state index contributed by atoms with van der Waals surface area (Å²) in [5.74, 6) is -3.04. The first kappa shape index (κ1) is 11.7. The van der Waals surface area contributed by atoms with Crippen LogP contribution in [0.4, 0.5) is 8.78 Å². The van der Waals surface area contributed by atoms with E-state index in [9.17, 15) is 13.6 Å².